The summed E-state index contributed by atoms with van der Waals surface area (Å²) in [5.41, 5.74) is 11.9. The fourth-order valence-electron chi connectivity index (χ4n) is 4.96. The third kappa shape index (κ3) is 9.26. The van der Waals surface area contributed by atoms with Crippen LogP contribution in [0.25, 0.3) is 60.8 Å². The highest BCUT2D eigenvalue weighted by Gasteiger charge is 1.95. The van der Waals surface area contributed by atoms with Crippen molar-refractivity contribution in [2.75, 3.05) is 0 Å². The van der Waals surface area contributed by atoms with E-state index in [-0.39, 0.29) is 0 Å². The van der Waals surface area contributed by atoms with Crippen LogP contribution in [0.15, 0.2) is 158 Å². The molecule has 0 atom stereocenters. The predicted molar refractivity (Wildman–Crippen MR) is 203 cm³/mol. The van der Waals surface area contributed by atoms with E-state index in [1.165, 1.54) is 55.6 Å². The number of benzene rings is 6. The Hall–Kier alpha value is -5.98. The van der Waals surface area contributed by atoms with Crippen molar-refractivity contribution in [2.24, 2.45) is 0 Å². The molecule has 220 valence electrons. The van der Waals surface area contributed by atoms with Crippen LogP contribution in [0, 0.1) is 0 Å². The average molecular weight is 589 g/mol. The highest BCUT2D eigenvalue weighted by Crippen LogP contribution is 2.17. The van der Waals surface area contributed by atoms with Crippen molar-refractivity contribution >= 4 is 60.8 Å². The van der Waals surface area contributed by atoms with Gasteiger partial charge >= 0.3 is 0 Å². The SMILES string of the molecule is C(=C\c1ccc(/C=C/c2ccc(/C=C/c3ccc(/C=C/c4ccc(/C=C/c5ccccc5)cc4)cc3)cc2)cc1)/c1ccccc1. The Kier molecular flexibility index (Phi) is 10.2. The van der Waals surface area contributed by atoms with Gasteiger partial charge in [0.2, 0.25) is 0 Å². The molecule has 0 radical (unpaired) electrons. The Bertz CT molecular complexity index is 1800. The molecule has 0 spiro atoms. The zero-order chi connectivity index (χ0) is 31.2. The molecule has 0 aliphatic rings. The lowest BCUT2D eigenvalue weighted by Gasteiger charge is -2.00. The van der Waals surface area contributed by atoms with Gasteiger partial charge in [0, 0.05) is 0 Å². The molecule has 46 heavy (non-hydrogen) atoms. The summed E-state index contributed by atoms with van der Waals surface area (Å²) in [7, 11) is 0. The highest BCUT2D eigenvalue weighted by molar-refractivity contribution is 5.76. The van der Waals surface area contributed by atoms with Gasteiger partial charge in [-0.1, -0.05) is 218 Å². The van der Waals surface area contributed by atoms with Crippen molar-refractivity contribution in [2.45, 2.75) is 0 Å². The minimum atomic E-state index is 1.18. The van der Waals surface area contributed by atoms with E-state index in [9.17, 15) is 0 Å². The second kappa shape index (κ2) is 15.7. The Morgan fingerprint density at radius 1 is 0.152 bits per heavy atom. The molecule has 0 saturated carbocycles. The maximum Gasteiger partial charge on any atom is -0.0256 e. The van der Waals surface area contributed by atoms with Crippen molar-refractivity contribution in [1.82, 2.24) is 0 Å². The van der Waals surface area contributed by atoms with Crippen LogP contribution in [0.2, 0.25) is 0 Å². The van der Waals surface area contributed by atoms with Gasteiger partial charge in [-0.2, -0.15) is 0 Å². The zero-order valence-electron chi connectivity index (χ0n) is 25.8. The van der Waals surface area contributed by atoms with Gasteiger partial charge in [-0.05, 0) is 55.6 Å². The van der Waals surface area contributed by atoms with Gasteiger partial charge in [0.05, 0.1) is 0 Å². The Morgan fingerprint density at radius 2 is 0.283 bits per heavy atom. The minimum absolute atomic E-state index is 1.18. The third-order valence-electron chi connectivity index (χ3n) is 7.69. The second-order valence-electron chi connectivity index (χ2n) is 11.2. The molecule has 6 aromatic carbocycles. The highest BCUT2D eigenvalue weighted by atomic mass is 14.0. The molecule has 0 aromatic heterocycles. The van der Waals surface area contributed by atoms with E-state index in [2.05, 4.69) is 206 Å². The molecule has 0 heteroatoms. The largest absolute Gasteiger partial charge is 0.0622 e. The zero-order valence-corrected chi connectivity index (χ0v) is 25.8. The Labute approximate surface area is 273 Å². The van der Waals surface area contributed by atoms with Gasteiger partial charge in [-0.25, -0.2) is 0 Å². The summed E-state index contributed by atoms with van der Waals surface area (Å²) in [6.07, 6.45) is 21.5. The standard InChI is InChI=1S/C46H36/c1-3-7-37(8-4-1)11-13-39-15-19-41(20-16-39)23-25-43-27-31-45(32-28-43)35-36-46-33-29-44(30-34-46)26-24-42-21-17-40(18-22-42)14-12-38-9-5-2-6-10-38/h1-36H/b13-11+,14-12+,25-23+,26-24+,36-35+. The van der Waals surface area contributed by atoms with E-state index in [4.69, 9.17) is 0 Å². The Morgan fingerprint density at radius 3 is 0.435 bits per heavy atom. The molecule has 6 aromatic rings. The lowest BCUT2D eigenvalue weighted by atomic mass is 10.1. The molecule has 0 aliphatic heterocycles. The van der Waals surface area contributed by atoms with Gasteiger partial charge in [0.1, 0.15) is 0 Å². The van der Waals surface area contributed by atoms with Gasteiger partial charge in [0.15, 0.2) is 0 Å². The molecule has 0 nitrogen and oxygen atoms in total. The molecule has 0 bridgehead atoms. The number of hydrogen-bond acceptors (Lipinski definition) is 0. The van der Waals surface area contributed by atoms with Crippen molar-refractivity contribution < 1.29 is 0 Å². The number of hydrogen-bond donors (Lipinski definition) is 0. The first-order valence-corrected chi connectivity index (χ1v) is 15.7. The molecular weight excluding hydrogens is 553 g/mol. The topological polar surface area (TPSA) is 0 Å². The molecular formula is C46H36. The first kappa shape index (κ1) is 30.1. The van der Waals surface area contributed by atoms with E-state index in [0.29, 0.717) is 0 Å². The van der Waals surface area contributed by atoms with Crippen molar-refractivity contribution in [3.63, 3.8) is 0 Å². The monoisotopic (exact) mass is 588 g/mol. The van der Waals surface area contributed by atoms with Crippen molar-refractivity contribution in [1.29, 1.82) is 0 Å². The minimum Gasteiger partial charge on any atom is -0.0622 e. The lowest BCUT2D eigenvalue weighted by Crippen LogP contribution is -1.78. The second-order valence-corrected chi connectivity index (χ2v) is 11.2. The summed E-state index contributed by atoms with van der Waals surface area (Å²) < 4.78 is 0. The average Bonchev–Trinajstić information content (AvgIpc) is 3.13. The fourth-order valence-corrected chi connectivity index (χ4v) is 4.96. The molecule has 0 aliphatic carbocycles. The van der Waals surface area contributed by atoms with Gasteiger partial charge < -0.3 is 0 Å². The molecule has 0 heterocycles. The van der Waals surface area contributed by atoms with E-state index >= 15 is 0 Å². The molecule has 6 rings (SSSR count). The lowest BCUT2D eigenvalue weighted by molar-refractivity contribution is 1.60. The van der Waals surface area contributed by atoms with Gasteiger partial charge in [-0.3, -0.25) is 0 Å². The first-order chi connectivity index (χ1) is 22.7. The summed E-state index contributed by atoms with van der Waals surface area (Å²) in [6, 6.07) is 55.3. The predicted octanol–water partition coefficient (Wildman–Crippen LogP) is 12.5. The summed E-state index contributed by atoms with van der Waals surface area (Å²) >= 11 is 0. The van der Waals surface area contributed by atoms with E-state index in [0.717, 1.165) is 0 Å². The van der Waals surface area contributed by atoms with Crippen LogP contribution in [-0.4, -0.2) is 0 Å². The molecule has 0 fully saturated rings. The Balaban J connectivity index is 0.986. The van der Waals surface area contributed by atoms with Crippen LogP contribution in [0.1, 0.15) is 55.6 Å². The van der Waals surface area contributed by atoms with E-state index < -0.39 is 0 Å². The molecule has 0 N–H and O–H groups in total. The quantitative estimate of drug-likeness (QED) is 0.140. The molecule has 0 unspecified atom stereocenters. The first-order valence-electron chi connectivity index (χ1n) is 15.7. The fraction of sp³-hybridized carbons (Fsp3) is 0. The van der Waals surface area contributed by atoms with Crippen LogP contribution in [0.4, 0.5) is 0 Å². The van der Waals surface area contributed by atoms with Gasteiger partial charge in [0.25, 0.3) is 0 Å². The van der Waals surface area contributed by atoms with Crippen LogP contribution in [0.3, 0.4) is 0 Å². The van der Waals surface area contributed by atoms with E-state index in [1.54, 1.807) is 0 Å². The van der Waals surface area contributed by atoms with Crippen LogP contribution in [-0.2, 0) is 0 Å². The van der Waals surface area contributed by atoms with Gasteiger partial charge in [-0.15, -0.1) is 0 Å². The van der Waals surface area contributed by atoms with Crippen LogP contribution in [0.5, 0.6) is 0 Å². The third-order valence-corrected chi connectivity index (χ3v) is 7.69. The van der Waals surface area contributed by atoms with Crippen molar-refractivity contribution in [3.05, 3.63) is 213 Å². The van der Waals surface area contributed by atoms with E-state index in [1.807, 2.05) is 12.1 Å². The molecule has 0 amide bonds. The maximum absolute atomic E-state index is 2.16. The molecule has 0 saturated heterocycles. The van der Waals surface area contributed by atoms with Crippen LogP contribution < -0.4 is 0 Å². The summed E-state index contributed by atoms with van der Waals surface area (Å²) in [5, 5.41) is 0. The number of rotatable bonds is 10. The summed E-state index contributed by atoms with van der Waals surface area (Å²) in [4.78, 5) is 0. The smallest absolute Gasteiger partial charge is 0.0256 e. The normalized spacial score (nSPS) is 11.9. The summed E-state index contributed by atoms with van der Waals surface area (Å²) in [5.74, 6) is 0. The van der Waals surface area contributed by atoms with Crippen LogP contribution >= 0.6 is 0 Å². The van der Waals surface area contributed by atoms with Crippen molar-refractivity contribution in [3.8, 4) is 0 Å². The maximum atomic E-state index is 2.16. The summed E-state index contributed by atoms with van der Waals surface area (Å²) in [6.45, 7) is 0.